The molecule has 226 valence electrons. The number of aliphatic hydroxyl groups is 1. The van der Waals surface area contributed by atoms with Crippen molar-refractivity contribution in [1.29, 1.82) is 0 Å². The van der Waals surface area contributed by atoms with Gasteiger partial charge in [0.05, 0.1) is 23.9 Å². The number of hydrogen-bond acceptors (Lipinski definition) is 7. The van der Waals surface area contributed by atoms with Crippen molar-refractivity contribution in [3.8, 4) is 17.6 Å². The number of nitrogens with two attached hydrogens (primary N) is 1. The highest BCUT2D eigenvalue weighted by Gasteiger charge is 2.17. The highest BCUT2D eigenvalue weighted by Crippen LogP contribution is 2.37. The lowest BCUT2D eigenvalue weighted by Crippen LogP contribution is -2.14. The smallest absolute Gasteiger partial charge is 0.255 e. The van der Waals surface area contributed by atoms with Gasteiger partial charge in [-0.2, -0.15) is 0 Å². The van der Waals surface area contributed by atoms with E-state index in [9.17, 15) is 9.59 Å². The predicted molar refractivity (Wildman–Crippen MR) is 179 cm³/mol. The second-order valence-electron chi connectivity index (χ2n) is 10.2. The van der Waals surface area contributed by atoms with E-state index in [1.165, 1.54) is 18.0 Å². The zero-order chi connectivity index (χ0) is 31.8. The van der Waals surface area contributed by atoms with Crippen molar-refractivity contribution in [1.82, 2.24) is 4.98 Å². The summed E-state index contributed by atoms with van der Waals surface area (Å²) in [5.41, 5.74) is 10.9. The topological polar surface area (TPSA) is 127 Å². The third kappa shape index (κ3) is 7.81. The maximum atomic E-state index is 13.2. The Bertz CT molecular complexity index is 1950. The van der Waals surface area contributed by atoms with Crippen molar-refractivity contribution >= 4 is 51.5 Å². The number of fused-ring (bicyclic) bond motifs is 1. The Kier molecular flexibility index (Phi) is 10.00. The van der Waals surface area contributed by atoms with Crippen LogP contribution in [-0.2, 0) is 0 Å². The van der Waals surface area contributed by atoms with Gasteiger partial charge < -0.3 is 26.2 Å². The fourth-order valence-corrected chi connectivity index (χ4v) is 5.74. The number of anilines is 3. The quantitative estimate of drug-likeness (QED) is 0.0991. The van der Waals surface area contributed by atoms with E-state index >= 15 is 0 Å². The molecule has 0 unspecified atom stereocenters. The van der Waals surface area contributed by atoms with E-state index in [1.807, 2.05) is 85.8 Å². The fourth-order valence-electron chi connectivity index (χ4n) is 4.72. The van der Waals surface area contributed by atoms with Crippen molar-refractivity contribution < 1.29 is 19.4 Å². The SMILES string of the molecule is COc1cccc(Nc2c(C(N)=O)cnc3c(C)cc(Sc4cccc(C(=O)Nc5cccc(C#CCCCO)c5)c4)cc23)c1. The summed E-state index contributed by atoms with van der Waals surface area (Å²) in [4.78, 5) is 31.9. The maximum absolute atomic E-state index is 13.2. The number of ether oxygens (including phenoxy) is 1. The molecule has 9 heteroatoms. The van der Waals surface area contributed by atoms with E-state index in [0.29, 0.717) is 35.5 Å². The zero-order valence-electron chi connectivity index (χ0n) is 24.9. The Morgan fingerprint density at radius 3 is 2.58 bits per heavy atom. The van der Waals surface area contributed by atoms with Crippen LogP contribution in [0.25, 0.3) is 10.9 Å². The molecular weight excluding hydrogens is 584 g/mol. The molecule has 0 radical (unpaired) electrons. The van der Waals surface area contributed by atoms with Crippen molar-refractivity contribution in [3.63, 3.8) is 0 Å². The van der Waals surface area contributed by atoms with Gasteiger partial charge in [-0.25, -0.2) is 0 Å². The number of primary amides is 1. The van der Waals surface area contributed by atoms with Crippen LogP contribution in [-0.4, -0.2) is 35.6 Å². The van der Waals surface area contributed by atoms with Crippen LogP contribution >= 0.6 is 11.8 Å². The van der Waals surface area contributed by atoms with E-state index < -0.39 is 5.91 Å². The Morgan fingerprint density at radius 1 is 0.978 bits per heavy atom. The van der Waals surface area contributed by atoms with E-state index in [-0.39, 0.29) is 18.1 Å². The van der Waals surface area contributed by atoms with Crippen molar-refractivity contribution in [2.75, 3.05) is 24.4 Å². The summed E-state index contributed by atoms with van der Waals surface area (Å²) < 4.78 is 5.36. The van der Waals surface area contributed by atoms with Crippen LogP contribution in [0.2, 0.25) is 0 Å². The van der Waals surface area contributed by atoms with Crippen LogP contribution in [0, 0.1) is 18.8 Å². The average Bonchev–Trinajstić information content (AvgIpc) is 3.04. The molecule has 45 heavy (non-hydrogen) atoms. The number of aryl methyl sites for hydroxylation is 1. The largest absolute Gasteiger partial charge is 0.497 e. The zero-order valence-corrected chi connectivity index (χ0v) is 25.7. The maximum Gasteiger partial charge on any atom is 0.255 e. The summed E-state index contributed by atoms with van der Waals surface area (Å²) in [6, 6.07) is 26.2. The minimum atomic E-state index is -0.594. The van der Waals surface area contributed by atoms with Crippen molar-refractivity contribution in [2.24, 2.45) is 5.73 Å². The van der Waals surface area contributed by atoms with Gasteiger partial charge in [-0.15, -0.1) is 0 Å². The first-order valence-corrected chi connectivity index (χ1v) is 15.1. The van der Waals surface area contributed by atoms with Gasteiger partial charge in [0.15, 0.2) is 0 Å². The molecule has 5 N–H and O–H groups in total. The van der Waals surface area contributed by atoms with Gasteiger partial charge in [-0.05, 0) is 79.6 Å². The molecule has 0 spiro atoms. The average molecular weight is 617 g/mol. The number of pyridine rings is 1. The number of benzene rings is 4. The van der Waals surface area contributed by atoms with Crippen LogP contribution in [0.15, 0.2) is 101 Å². The second kappa shape index (κ2) is 14.4. The number of carbonyl (C=O) groups is 2. The van der Waals surface area contributed by atoms with Gasteiger partial charge in [0, 0.05) is 63.0 Å². The summed E-state index contributed by atoms with van der Waals surface area (Å²) >= 11 is 1.50. The number of amides is 2. The van der Waals surface area contributed by atoms with Crippen LogP contribution < -0.4 is 21.1 Å². The molecule has 0 saturated carbocycles. The molecule has 0 aliphatic carbocycles. The lowest BCUT2D eigenvalue weighted by Gasteiger charge is -2.16. The molecule has 0 aliphatic heterocycles. The molecule has 0 atom stereocenters. The Morgan fingerprint density at radius 2 is 1.78 bits per heavy atom. The minimum absolute atomic E-state index is 0.110. The van der Waals surface area contributed by atoms with E-state index in [2.05, 4.69) is 27.5 Å². The number of aromatic nitrogens is 1. The molecule has 1 heterocycles. The third-order valence-corrected chi connectivity index (χ3v) is 7.85. The normalized spacial score (nSPS) is 10.6. The molecule has 5 rings (SSSR count). The van der Waals surface area contributed by atoms with Crippen LogP contribution in [0.4, 0.5) is 17.1 Å². The molecule has 0 fully saturated rings. The third-order valence-electron chi connectivity index (χ3n) is 6.88. The molecule has 0 bridgehead atoms. The van der Waals surface area contributed by atoms with E-state index in [0.717, 1.165) is 37.5 Å². The molecule has 4 aromatic carbocycles. The Labute approximate surface area is 266 Å². The second-order valence-corrected chi connectivity index (χ2v) is 11.3. The molecule has 1 aromatic heterocycles. The summed E-state index contributed by atoms with van der Waals surface area (Å²) in [5, 5.41) is 16.0. The number of nitrogens with one attached hydrogen (secondary N) is 2. The Balaban J connectivity index is 1.41. The summed E-state index contributed by atoms with van der Waals surface area (Å²) in [7, 11) is 1.60. The highest BCUT2D eigenvalue weighted by molar-refractivity contribution is 7.99. The predicted octanol–water partition coefficient (Wildman–Crippen LogP) is 6.92. The monoisotopic (exact) mass is 616 g/mol. The first-order chi connectivity index (χ1) is 21.8. The number of methoxy groups -OCH3 is 1. The van der Waals surface area contributed by atoms with Crippen molar-refractivity contribution in [2.45, 2.75) is 29.6 Å². The number of carbonyl (C=O) groups excluding carboxylic acids is 2. The number of nitrogens with zero attached hydrogens (tertiary/aromatic N) is 1. The summed E-state index contributed by atoms with van der Waals surface area (Å²) in [6.07, 6.45) is 2.73. The van der Waals surface area contributed by atoms with E-state index in [4.69, 9.17) is 15.6 Å². The van der Waals surface area contributed by atoms with Gasteiger partial charge in [0.25, 0.3) is 11.8 Å². The molecule has 0 aliphatic rings. The Hall–Kier alpha value is -5.30. The van der Waals surface area contributed by atoms with Crippen molar-refractivity contribution in [3.05, 3.63) is 113 Å². The lowest BCUT2D eigenvalue weighted by molar-refractivity contribution is 0.0998. The van der Waals surface area contributed by atoms with Gasteiger partial charge in [0.1, 0.15) is 5.75 Å². The van der Waals surface area contributed by atoms with Gasteiger partial charge >= 0.3 is 0 Å². The highest BCUT2D eigenvalue weighted by atomic mass is 32.2. The number of aliphatic hydroxyl groups excluding tert-OH is 1. The minimum Gasteiger partial charge on any atom is -0.497 e. The van der Waals surface area contributed by atoms with Crippen LogP contribution in [0.3, 0.4) is 0 Å². The standard InChI is InChI=1S/C36H32N4O4S/c1-23-17-30(21-31-33(23)38-22-32(35(37)42)34(31)39-27-13-8-14-28(20-27)44-2)45-29-15-7-11-25(19-29)36(43)40-26-12-6-10-24(18-26)9-4-3-5-16-41/h6-8,10-15,17-22,41H,3,5,16H2,1-2H3,(H2,37,42)(H,38,39)(H,40,43). The number of hydrogen-bond donors (Lipinski definition) is 4. The lowest BCUT2D eigenvalue weighted by atomic mass is 10.1. The molecule has 5 aromatic rings. The van der Waals surface area contributed by atoms with Gasteiger partial charge in [0.2, 0.25) is 0 Å². The van der Waals surface area contributed by atoms with E-state index in [1.54, 1.807) is 13.2 Å². The summed E-state index contributed by atoms with van der Waals surface area (Å²) in [6.45, 7) is 2.08. The van der Waals surface area contributed by atoms with Gasteiger partial charge in [-0.3, -0.25) is 14.6 Å². The van der Waals surface area contributed by atoms with Crippen LogP contribution in [0.5, 0.6) is 5.75 Å². The van der Waals surface area contributed by atoms with Gasteiger partial charge in [-0.1, -0.05) is 41.8 Å². The molecule has 2 amide bonds. The fraction of sp³-hybridized carbons (Fsp3) is 0.139. The molecular formula is C36H32N4O4S. The van der Waals surface area contributed by atoms with Crippen LogP contribution in [0.1, 0.15) is 44.7 Å². The molecule has 0 saturated heterocycles. The first-order valence-electron chi connectivity index (χ1n) is 14.3. The molecule has 8 nitrogen and oxygen atoms in total. The number of rotatable bonds is 10. The summed E-state index contributed by atoms with van der Waals surface area (Å²) in [5.74, 6) is 5.93. The number of unbranched alkanes of at least 4 members (excludes halogenated alkanes) is 1. The first kappa shape index (κ1) is 31.1.